The van der Waals surface area contributed by atoms with Crippen LogP contribution < -0.4 is 5.32 Å². The lowest BCUT2D eigenvalue weighted by Gasteiger charge is -2.30. The number of aryl methyl sites for hydroxylation is 1. The van der Waals surface area contributed by atoms with Crippen LogP contribution in [-0.4, -0.2) is 18.8 Å². The first kappa shape index (κ1) is 12.4. The quantitative estimate of drug-likeness (QED) is 0.868. The Labute approximate surface area is 102 Å². The summed E-state index contributed by atoms with van der Waals surface area (Å²) in [6.45, 7) is 4.71. The second-order valence-corrected chi connectivity index (χ2v) is 4.73. The third kappa shape index (κ3) is 3.19. The van der Waals surface area contributed by atoms with Crippen molar-refractivity contribution in [3.05, 3.63) is 29.6 Å². The molecule has 1 aromatic carbocycles. The van der Waals surface area contributed by atoms with Crippen molar-refractivity contribution in [1.82, 2.24) is 0 Å². The van der Waals surface area contributed by atoms with Crippen molar-refractivity contribution in [2.75, 3.05) is 11.9 Å². The Morgan fingerprint density at radius 2 is 2.29 bits per heavy atom. The van der Waals surface area contributed by atoms with Crippen molar-refractivity contribution in [1.29, 1.82) is 0 Å². The fourth-order valence-electron chi connectivity index (χ4n) is 2.21. The van der Waals surface area contributed by atoms with E-state index in [0.717, 1.165) is 31.6 Å². The van der Waals surface area contributed by atoms with Gasteiger partial charge in [-0.2, -0.15) is 0 Å². The molecule has 17 heavy (non-hydrogen) atoms. The van der Waals surface area contributed by atoms with E-state index in [4.69, 9.17) is 4.74 Å². The summed E-state index contributed by atoms with van der Waals surface area (Å²) in [6, 6.07) is 5.73. The van der Waals surface area contributed by atoms with Gasteiger partial charge in [0.25, 0.3) is 0 Å². The Kier molecular flexibility index (Phi) is 4.00. The number of ether oxygens (including phenoxy) is 1. The predicted octanol–water partition coefficient (Wildman–Crippen LogP) is 3.50. The van der Waals surface area contributed by atoms with E-state index < -0.39 is 0 Å². The molecule has 2 unspecified atom stereocenters. The van der Waals surface area contributed by atoms with Gasteiger partial charge in [0.1, 0.15) is 5.82 Å². The molecule has 2 atom stereocenters. The summed E-state index contributed by atoms with van der Waals surface area (Å²) >= 11 is 0. The Morgan fingerprint density at radius 1 is 1.47 bits per heavy atom. The minimum Gasteiger partial charge on any atom is -0.382 e. The van der Waals surface area contributed by atoms with Crippen LogP contribution in [0.25, 0.3) is 0 Å². The molecule has 1 aliphatic heterocycles. The van der Waals surface area contributed by atoms with Crippen molar-refractivity contribution in [2.45, 2.75) is 45.3 Å². The van der Waals surface area contributed by atoms with Gasteiger partial charge in [0, 0.05) is 18.3 Å². The predicted molar refractivity (Wildman–Crippen MR) is 67.8 cm³/mol. The first-order chi connectivity index (χ1) is 8.19. The highest BCUT2D eigenvalue weighted by Crippen LogP contribution is 2.21. The number of anilines is 1. The number of nitrogens with one attached hydrogen (secondary N) is 1. The molecule has 3 heteroatoms. The van der Waals surface area contributed by atoms with Crippen molar-refractivity contribution < 1.29 is 9.13 Å². The van der Waals surface area contributed by atoms with Crippen LogP contribution in [0.15, 0.2) is 18.2 Å². The van der Waals surface area contributed by atoms with Crippen LogP contribution in [0.4, 0.5) is 10.1 Å². The van der Waals surface area contributed by atoms with E-state index in [2.05, 4.69) is 12.2 Å². The van der Waals surface area contributed by atoms with E-state index in [-0.39, 0.29) is 5.82 Å². The highest BCUT2D eigenvalue weighted by atomic mass is 19.1. The smallest absolute Gasteiger partial charge is 0.128 e. The molecule has 1 fully saturated rings. The Balaban J connectivity index is 1.97. The fraction of sp³-hybridized carbons (Fsp3) is 0.571. The molecule has 1 heterocycles. The minimum absolute atomic E-state index is 0.144. The van der Waals surface area contributed by atoms with Gasteiger partial charge in [-0.05, 0) is 43.9 Å². The molecule has 2 rings (SSSR count). The lowest BCUT2D eigenvalue weighted by atomic mass is 10.0. The second kappa shape index (κ2) is 5.50. The molecule has 0 aromatic heterocycles. The molecule has 0 spiro atoms. The van der Waals surface area contributed by atoms with Gasteiger partial charge >= 0.3 is 0 Å². The zero-order chi connectivity index (χ0) is 12.3. The summed E-state index contributed by atoms with van der Waals surface area (Å²) in [4.78, 5) is 0. The number of hydrogen-bond acceptors (Lipinski definition) is 2. The van der Waals surface area contributed by atoms with Gasteiger partial charge in [-0.1, -0.05) is 13.0 Å². The fourth-order valence-corrected chi connectivity index (χ4v) is 2.21. The van der Waals surface area contributed by atoms with Crippen LogP contribution in [0, 0.1) is 12.7 Å². The molecule has 1 aliphatic rings. The molecule has 0 bridgehead atoms. The number of halogens is 1. The van der Waals surface area contributed by atoms with Crippen molar-refractivity contribution in [2.24, 2.45) is 0 Å². The molecule has 1 N–H and O–H groups in total. The monoisotopic (exact) mass is 237 g/mol. The van der Waals surface area contributed by atoms with Crippen LogP contribution in [0.1, 0.15) is 31.7 Å². The van der Waals surface area contributed by atoms with Gasteiger partial charge in [0.05, 0.1) is 6.10 Å². The summed E-state index contributed by atoms with van der Waals surface area (Å²) in [5.74, 6) is -0.144. The zero-order valence-corrected chi connectivity index (χ0v) is 10.5. The van der Waals surface area contributed by atoms with Gasteiger partial charge in [-0.15, -0.1) is 0 Å². The highest BCUT2D eigenvalue weighted by molar-refractivity contribution is 5.46. The lowest BCUT2D eigenvalue weighted by molar-refractivity contribution is 0.00925. The summed E-state index contributed by atoms with van der Waals surface area (Å²) in [5, 5.41) is 3.39. The maximum Gasteiger partial charge on any atom is 0.128 e. The summed E-state index contributed by atoms with van der Waals surface area (Å²) in [7, 11) is 0. The van der Waals surface area contributed by atoms with Gasteiger partial charge < -0.3 is 10.1 Å². The topological polar surface area (TPSA) is 21.3 Å². The molecular formula is C14H20FNO. The van der Waals surface area contributed by atoms with Crippen LogP contribution in [-0.2, 0) is 4.74 Å². The first-order valence-corrected chi connectivity index (χ1v) is 6.33. The van der Waals surface area contributed by atoms with Crippen LogP contribution in [0.5, 0.6) is 0 Å². The molecule has 1 saturated heterocycles. The third-order valence-corrected chi connectivity index (χ3v) is 3.37. The zero-order valence-electron chi connectivity index (χ0n) is 10.5. The number of rotatable bonds is 3. The standard InChI is InChI=1S/C14H20FNO/c1-3-13-8-12(6-7-17-13)16-11-5-4-10(2)14(15)9-11/h4-5,9,12-13,16H,3,6-8H2,1-2H3. The third-order valence-electron chi connectivity index (χ3n) is 3.37. The van der Waals surface area contributed by atoms with E-state index in [1.165, 1.54) is 0 Å². The van der Waals surface area contributed by atoms with Crippen molar-refractivity contribution >= 4 is 5.69 Å². The van der Waals surface area contributed by atoms with Gasteiger partial charge in [-0.25, -0.2) is 4.39 Å². The SMILES string of the molecule is CCC1CC(Nc2ccc(C)c(F)c2)CCO1. The average Bonchev–Trinajstić information content (AvgIpc) is 2.34. The molecule has 94 valence electrons. The number of benzene rings is 1. The van der Waals surface area contributed by atoms with Gasteiger partial charge in [0.2, 0.25) is 0 Å². The Morgan fingerprint density at radius 3 is 3.00 bits per heavy atom. The summed E-state index contributed by atoms with van der Waals surface area (Å²) in [6.07, 6.45) is 3.38. The van der Waals surface area contributed by atoms with E-state index >= 15 is 0 Å². The van der Waals surface area contributed by atoms with Crippen molar-refractivity contribution in [3.8, 4) is 0 Å². The largest absolute Gasteiger partial charge is 0.382 e. The van der Waals surface area contributed by atoms with Gasteiger partial charge in [0.15, 0.2) is 0 Å². The van der Waals surface area contributed by atoms with E-state index in [1.54, 1.807) is 13.0 Å². The molecule has 1 aromatic rings. The number of hydrogen-bond donors (Lipinski definition) is 1. The average molecular weight is 237 g/mol. The van der Waals surface area contributed by atoms with E-state index in [1.807, 2.05) is 12.1 Å². The minimum atomic E-state index is -0.144. The molecule has 0 radical (unpaired) electrons. The summed E-state index contributed by atoms with van der Waals surface area (Å²) < 4.78 is 19.0. The molecule has 2 nitrogen and oxygen atoms in total. The van der Waals surface area contributed by atoms with Crippen LogP contribution in [0.3, 0.4) is 0 Å². The second-order valence-electron chi connectivity index (χ2n) is 4.73. The summed E-state index contributed by atoms with van der Waals surface area (Å²) in [5.41, 5.74) is 1.56. The lowest BCUT2D eigenvalue weighted by Crippen LogP contribution is -2.33. The van der Waals surface area contributed by atoms with E-state index in [9.17, 15) is 4.39 Å². The maximum atomic E-state index is 13.4. The Bertz CT molecular complexity index is 380. The van der Waals surface area contributed by atoms with E-state index in [0.29, 0.717) is 17.7 Å². The maximum absolute atomic E-state index is 13.4. The van der Waals surface area contributed by atoms with Crippen molar-refractivity contribution in [3.63, 3.8) is 0 Å². The van der Waals surface area contributed by atoms with Crippen LogP contribution in [0.2, 0.25) is 0 Å². The van der Waals surface area contributed by atoms with Gasteiger partial charge in [-0.3, -0.25) is 0 Å². The van der Waals surface area contributed by atoms with Crippen LogP contribution >= 0.6 is 0 Å². The highest BCUT2D eigenvalue weighted by Gasteiger charge is 2.21. The molecule has 0 amide bonds. The normalized spacial score (nSPS) is 24.6. The molecule has 0 aliphatic carbocycles. The molecular weight excluding hydrogens is 217 g/mol. The first-order valence-electron chi connectivity index (χ1n) is 6.33. The Hall–Kier alpha value is -1.09. The molecule has 0 saturated carbocycles.